The Hall–Kier alpha value is -1.62. The summed E-state index contributed by atoms with van der Waals surface area (Å²) in [5.41, 5.74) is 6.69. The van der Waals surface area contributed by atoms with E-state index in [4.69, 9.17) is 22.7 Å². The number of nitrogens with two attached hydrogens (primary N) is 1. The van der Waals surface area contributed by atoms with E-state index in [0.29, 0.717) is 30.6 Å². The number of hydrogen-bond acceptors (Lipinski definition) is 3. The minimum atomic E-state index is -0.0909. The van der Waals surface area contributed by atoms with E-state index < -0.39 is 0 Å². The van der Waals surface area contributed by atoms with E-state index in [-0.39, 0.29) is 11.8 Å². The molecule has 2 aliphatic rings. The van der Waals surface area contributed by atoms with Gasteiger partial charge in [-0.3, -0.25) is 4.79 Å². The Morgan fingerprint density at radius 1 is 1.38 bits per heavy atom. The maximum Gasteiger partial charge on any atom is 0.229 e. The van der Waals surface area contributed by atoms with Crippen molar-refractivity contribution >= 4 is 23.1 Å². The quantitative estimate of drug-likeness (QED) is 0.844. The fourth-order valence-electron chi connectivity index (χ4n) is 2.81. The normalized spacial score (nSPS) is 20.3. The number of nitrogens with zero attached hydrogens (tertiary/aromatic N) is 1. The Kier molecular flexibility index (Phi) is 4.10. The van der Waals surface area contributed by atoms with E-state index in [1.165, 1.54) is 0 Å². The van der Waals surface area contributed by atoms with Crippen LogP contribution >= 0.6 is 12.2 Å². The van der Waals surface area contributed by atoms with Gasteiger partial charge in [-0.2, -0.15) is 0 Å². The zero-order chi connectivity index (χ0) is 14.8. The number of para-hydroxylation sites is 1. The Bertz CT molecular complexity index is 557. The molecule has 0 saturated heterocycles. The third-order valence-corrected chi connectivity index (χ3v) is 4.30. The molecule has 5 heteroatoms. The van der Waals surface area contributed by atoms with Crippen LogP contribution in [-0.4, -0.2) is 35.0 Å². The molecular weight excluding hydrogens is 284 g/mol. The molecule has 0 aromatic heterocycles. The maximum atomic E-state index is 12.8. The van der Waals surface area contributed by atoms with E-state index in [1.54, 1.807) is 0 Å². The lowest BCUT2D eigenvalue weighted by Crippen LogP contribution is -2.43. The van der Waals surface area contributed by atoms with Crippen LogP contribution in [0.5, 0.6) is 5.75 Å². The highest BCUT2D eigenvalue weighted by Gasteiger charge is 2.37. The Balaban J connectivity index is 1.68. The fraction of sp³-hybridized carbons (Fsp3) is 0.500. The summed E-state index contributed by atoms with van der Waals surface area (Å²) in [6.45, 7) is 1.10. The molecule has 2 N–H and O–H groups in total. The first kappa shape index (κ1) is 14.3. The van der Waals surface area contributed by atoms with Crippen molar-refractivity contribution in [1.82, 2.24) is 4.90 Å². The molecule has 1 aliphatic carbocycles. The number of ether oxygens (including phenoxy) is 1. The van der Waals surface area contributed by atoms with Crippen LogP contribution in [0.2, 0.25) is 0 Å². The Labute approximate surface area is 130 Å². The highest BCUT2D eigenvalue weighted by Crippen LogP contribution is 2.32. The van der Waals surface area contributed by atoms with Crippen LogP contribution in [0, 0.1) is 5.92 Å². The van der Waals surface area contributed by atoms with E-state index in [1.807, 2.05) is 29.2 Å². The van der Waals surface area contributed by atoms with Crippen molar-refractivity contribution in [1.29, 1.82) is 0 Å². The summed E-state index contributed by atoms with van der Waals surface area (Å²) in [4.78, 5) is 15.2. The molecular formula is C16H20N2O2S. The average molecular weight is 304 g/mol. The second-order valence-corrected chi connectivity index (χ2v) is 6.32. The molecule has 3 rings (SSSR count). The number of thiocarbonyl (C=S) groups is 1. The number of carbonyl (C=O) groups excluding carboxylic acids is 1. The number of hydrogen-bond donors (Lipinski definition) is 1. The van der Waals surface area contributed by atoms with Gasteiger partial charge < -0.3 is 15.4 Å². The first-order chi connectivity index (χ1) is 10.1. The largest absolute Gasteiger partial charge is 0.492 e. The maximum absolute atomic E-state index is 12.8. The van der Waals surface area contributed by atoms with Gasteiger partial charge in [0.2, 0.25) is 5.91 Å². The summed E-state index contributed by atoms with van der Waals surface area (Å²) in [7, 11) is 0. The summed E-state index contributed by atoms with van der Waals surface area (Å²) < 4.78 is 5.74. The van der Waals surface area contributed by atoms with Gasteiger partial charge in [-0.05, 0) is 30.9 Å². The second kappa shape index (κ2) is 6.02. The van der Waals surface area contributed by atoms with Crippen molar-refractivity contribution < 1.29 is 9.53 Å². The Morgan fingerprint density at radius 2 is 2.14 bits per heavy atom. The van der Waals surface area contributed by atoms with Gasteiger partial charge in [0, 0.05) is 19.0 Å². The molecule has 1 amide bonds. The van der Waals surface area contributed by atoms with Crippen molar-refractivity contribution in [2.24, 2.45) is 11.7 Å². The smallest absolute Gasteiger partial charge is 0.229 e. The molecule has 21 heavy (non-hydrogen) atoms. The summed E-state index contributed by atoms with van der Waals surface area (Å²) in [5.74, 6) is 0.998. The summed E-state index contributed by atoms with van der Waals surface area (Å²) in [6.07, 6.45) is 3.54. The molecule has 1 aliphatic heterocycles. The highest BCUT2D eigenvalue weighted by atomic mass is 32.1. The van der Waals surface area contributed by atoms with E-state index in [2.05, 4.69) is 0 Å². The molecule has 1 heterocycles. The fourth-order valence-corrected chi connectivity index (χ4v) is 2.90. The van der Waals surface area contributed by atoms with Crippen molar-refractivity contribution in [3.05, 3.63) is 29.8 Å². The molecule has 1 fully saturated rings. The lowest BCUT2D eigenvalue weighted by atomic mass is 9.95. The monoisotopic (exact) mass is 304 g/mol. The topological polar surface area (TPSA) is 55.6 Å². The molecule has 112 valence electrons. The third-order valence-electron chi connectivity index (χ3n) is 4.10. The molecule has 1 aromatic rings. The van der Waals surface area contributed by atoms with Crippen LogP contribution < -0.4 is 10.5 Å². The number of benzene rings is 1. The summed E-state index contributed by atoms with van der Waals surface area (Å²) >= 11 is 4.93. The van der Waals surface area contributed by atoms with Crippen molar-refractivity contribution in [2.75, 3.05) is 13.2 Å². The lowest BCUT2D eigenvalue weighted by Gasteiger charge is -2.30. The first-order valence-electron chi connectivity index (χ1n) is 7.44. The predicted octanol–water partition coefficient (Wildman–Crippen LogP) is 1.90. The van der Waals surface area contributed by atoms with Gasteiger partial charge in [-0.25, -0.2) is 0 Å². The molecule has 4 nitrogen and oxygen atoms in total. The summed E-state index contributed by atoms with van der Waals surface area (Å²) in [5, 5.41) is 0. The summed E-state index contributed by atoms with van der Waals surface area (Å²) in [6, 6.07) is 8.32. The number of fused-ring (bicyclic) bond motifs is 1. The zero-order valence-corrected chi connectivity index (χ0v) is 12.8. The zero-order valence-electron chi connectivity index (χ0n) is 12.0. The van der Waals surface area contributed by atoms with Gasteiger partial charge in [-0.1, -0.05) is 30.4 Å². The minimum absolute atomic E-state index is 0.0909. The molecule has 1 aromatic carbocycles. The standard InChI is InChI=1S/C16H20N2O2S/c17-15(21)7-8-18(13-5-6-13)16(19)12-9-11-3-1-2-4-14(11)20-10-12/h1-4,12-13H,5-10H2,(H2,17,21). The van der Waals surface area contributed by atoms with Crippen LogP contribution in [0.4, 0.5) is 0 Å². The molecule has 1 saturated carbocycles. The van der Waals surface area contributed by atoms with Crippen LogP contribution in [-0.2, 0) is 11.2 Å². The van der Waals surface area contributed by atoms with Gasteiger partial charge in [0.05, 0.1) is 10.9 Å². The van der Waals surface area contributed by atoms with Crippen molar-refractivity contribution in [3.8, 4) is 5.75 Å². The van der Waals surface area contributed by atoms with Gasteiger partial charge >= 0.3 is 0 Å². The predicted molar refractivity (Wildman–Crippen MR) is 85.3 cm³/mol. The minimum Gasteiger partial charge on any atom is -0.492 e. The number of amides is 1. The molecule has 1 unspecified atom stereocenters. The average Bonchev–Trinajstić information content (AvgIpc) is 3.31. The number of rotatable bonds is 5. The van der Waals surface area contributed by atoms with Crippen molar-refractivity contribution in [3.63, 3.8) is 0 Å². The molecule has 1 atom stereocenters. The van der Waals surface area contributed by atoms with Gasteiger partial charge in [0.1, 0.15) is 12.4 Å². The van der Waals surface area contributed by atoms with E-state index in [0.717, 1.165) is 30.6 Å². The molecule has 0 radical (unpaired) electrons. The van der Waals surface area contributed by atoms with Crippen LogP contribution in [0.15, 0.2) is 24.3 Å². The SMILES string of the molecule is NC(=S)CCN(C(=O)C1COc2ccccc2C1)C1CC1. The van der Waals surface area contributed by atoms with E-state index in [9.17, 15) is 4.79 Å². The van der Waals surface area contributed by atoms with Gasteiger partial charge in [0.15, 0.2) is 0 Å². The van der Waals surface area contributed by atoms with Crippen LogP contribution in [0.25, 0.3) is 0 Å². The van der Waals surface area contributed by atoms with Crippen LogP contribution in [0.1, 0.15) is 24.8 Å². The van der Waals surface area contributed by atoms with Crippen LogP contribution in [0.3, 0.4) is 0 Å². The van der Waals surface area contributed by atoms with Crippen molar-refractivity contribution in [2.45, 2.75) is 31.7 Å². The first-order valence-corrected chi connectivity index (χ1v) is 7.85. The highest BCUT2D eigenvalue weighted by molar-refractivity contribution is 7.80. The molecule has 0 spiro atoms. The second-order valence-electron chi connectivity index (χ2n) is 5.80. The lowest BCUT2D eigenvalue weighted by molar-refractivity contribution is -0.137. The van der Waals surface area contributed by atoms with E-state index >= 15 is 0 Å². The third kappa shape index (κ3) is 3.35. The molecule has 0 bridgehead atoms. The van der Waals surface area contributed by atoms with Gasteiger partial charge in [-0.15, -0.1) is 0 Å². The number of carbonyl (C=O) groups is 1. The Morgan fingerprint density at radius 3 is 2.86 bits per heavy atom. The van der Waals surface area contributed by atoms with Gasteiger partial charge in [0.25, 0.3) is 0 Å².